The van der Waals surface area contributed by atoms with E-state index in [1.165, 1.54) is 6.20 Å². The molecule has 0 aliphatic heterocycles. The lowest BCUT2D eigenvalue weighted by atomic mass is 10.3. The Morgan fingerprint density at radius 3 is 2.87 bits per heavy atom. The molecule has 4 nitrogen and oxygen atoms in total. The van der Waals surface area contributed by atoms with Crippen LogP contribution in [0.5, 0.6) is 0 Å². The summed E-state index contributed by atoms with van der Waals surface area (Å²) in [5.41, 5.74) is 1.60. The molecule has 0 atom stereocenters. The van der Waals surface area contributed by atoms with Crippen molar-refractivity contribution >= 4 is 17.3 Å². The van der Waals surface area contributed by atoms with Crippen molar-refractivity contribution < 1.29 is 9.90 Å². The normalized spacial score (nSPS) is 10.2. The molecule has 0 aliphatic rings. The monoisotopic (exact) mass is 220 g/mol. The van der Waals surface area contributed by atoms with Crippen molar-refractivity contribution in [3.8, 4) is 10.7 Å². The van der Waals surface area contributed by atoms with E-state index in [0.717, 1.165) is 17.0 Å². The molecule has 0 aromatic carbocycles. The molecule has 2 aromatic heterocycles. The third kappa shape index (κ3) is 2.02. The average Bonchev–Trinajstić information content (AvgIpc) is 2.66. The molecule has 0 bridgehead atoms. The maximum absolute atomic E-state index is 10.7. The van der Waals surface area contributed by atoms with Crippen LogP contribution in [-0.2, 0) is 0 Å². The number of aryl methyl sites for hydroxylation is 1. The topological polar surface area (TPSA) is 63.1 Å². The predicted octanol–water partition coefficient (Wildman–Crippen LogP) is 2.21. The fourth-order valence-electron chi connectivity index (χ4n) is 1.15. The van der Waals surface area contributed by atoms with Crippen LogP contribution in [0.1, 0.15) is 15.4 Å². The first-order valence-electron chi connectivity index (χ1n) is 4.30. The molecule has 1 N–H and O–H groups in total. The van der Waals surface area contributed by atoms with Crippen molar-refractivity contribution in [2.24, 2.45) is 0 Å². The van der Waals surface area contributed by atoms with E-state index in [9.17, 15) is 4.79 Å². The highest BCUT2D eigenvalue weighted by Crippen LogP contribution is 2.23. The number of carboxylic acid groups (broad SMARTS) is 1. The molecule has 15 heavy (non-hydrogen) atoms. The van der Waals surface area contributed by atoms with Gasteiger partial charge in [-0.2, -0.15) is 0 Å². The summed E-state index contributed by atoms with van der Waals surface area (Å²) in [5.74, 6) is -0.952. The molecule has 0 unspecified atom stereocenters. The summed E-state index contributed by atoms with van der Waals surface area (Å²) in [7, 11) is 0. The van der Waals surface area contributed by atoms with Crippen molar-refractivity contribution in [2.45, 2.75) is 6.92 Å². The second-order valence-electron chi connectivity index (χ2n) is 3.00. The first-order chi connectivity index (χ1) is 7.16. The maximum Gasteiger partial charge on any atom is 0.347 e. The molecular formula is C10H8N2O2S. The van der Waals surface area contributed by atoms with E-state index in [4.69, 9.17) is 5.11 Å². The second-order valence-corrected chi connectivity index (χ2v) is 4.03. The standard InChI is InChI=1S/C10H8N2O2S/c1-6-3-2-4-7(12-6)9-11-5-8(15-9)10(13)14/h2-5H,1H3,(H,13,14). The van der Waals surface area contributed by atoms with Gasteiger partial charge in [0.15, 0.2) is 0 Å². The van der Waals surface area contributed by atoms with E-state index in [1.54, 1.807) is 0 Å². The van der Waals surface area contributed by atoms with E-state index in [2.05, 4.69) is 9.97 Å². The summed E-state index contributed by atoms with van der Waals surface area (Å²) < 4.78 is 0. The molecule has 0 aliphatic carbocycles. The van der Waals surface area contributed by atoms with Crippen molar-refractivity contribution in [3.63, 3.8) is 0 Å². The van der Waals surface area contributed by atoms with Gasteiger partial charge in [-0.3, -0.25) is 4.98 Å². The minimum atomic E-state index is -0.952. The van der Waals surface area contributed by atoms with Crippen LogP contribution >= 0.6 is 11.3 Å². The molecule has 2 heterocycles. The van der Waals surface area contributed by atoms with Crippen LogP contribution in [0.25, 0.3) is 10.7 Å². The second kappa shape index (κ2) is 3.78. The maximum atomic E-state index is 10.7. The van der Waals surface area contributed by atoms with Gasteiger partial charge in [0, 0.05) is 5.69 Å². The van der Waals surface area contributed by atoms with Crippen LogP contribution in [0.2, 0.25) is 0 Å². The minimum absolute atomic E-state index is 0.230. The number of carboxylic acids is 1. The van der Waals surface area contributed by atoms with E-state index in [1.807, 2.05) is 25.1 Å². The van der Waals surface area contributed by atoms with Crippen molar-refractivity contribution in [1.82, 2.24) is 9.97 Å². The van der Waals surface area contributed by atoms with Crippen molar-refractivity contribution in [3.05, 3.63) is 35.0 Å². The largest absolute Gasteiger partial charge is 0.477 e. The molecule has 0 radical (unpaired) electrons. The highest BCUT2D eigenvalue weighted by atomic mass is 32.1. The van der Waals surface area contributed by atoms with Gasteiger partial charge in [0.25, 0.3) is 0 Å². The van der Waals surface area contributed by atoms with E-state index in [0.29, 0.717) is 10.7 Å². The van der Waals surface area contributed by atoms with Gasteiger partial charge >= 0.3 is 5.97 Å². The number of aromatic nitrogens is 2. The first kappa shape index (κ1) is 9.79. The SMILES string of the molecule is Cc1cccc(-c2ncc(C(=O)O)s2)n1. The number of rotatable bonds is 2. The predicted molar refractivity (Wildman–Crippen MR) is 57.0 cm³/mol. The zero-order chi connectivity index (χ0) is 10.8. The quantitative estimate of drug-likeness (QED) is 0.842. The molecule has 2 aromatic rings. The van der Waals surface area contributed by atoms with Gasteiger partial charge in [-0.1, -0.05) is 6.07 Å². The summed E-state index contributed by atoms with van der Waals surface area (Å²) in [6.07, 6.45) is 1.35. The molecule has 0 amide bonds. The fraction of sp³-hybridized carbons (Fsp3) is 0.100. The Hall–Kier alpha value is -1.75. The summed E-state index contributed by atoms with van der Waals surface area (Å²) in [5, 5.41) is 9.38. The lowest BCUT2D eigenvalue weighted by Gasteiger charge is -1.95. The fourth-order valence-corrected chi connectivity index (χ4v) is 1.88. The lowest BCUT2D eigenvalue weighted by molar-refractivity contribution is 0.0702. The van der Waals surface area contributed by atoms with Gasteiger partial charge in [0.2, 0.25) is 0 Å². The van der Waals surface area contributed by atoms with Gasteiger partial charge in [0.1, 0.15) is 9.88 Å². The molecule has 76 valence electrons. The smallest absolute Gasteiger partial charge is 0.347 e. The zero-order valence-electron chi connectivity index (χ0n) is 7.97. The Kier molecular flexibility index (Phi) is 2.47. The number of hydrogen-bond donors (Lipinski definition) is 1. The van der Waals surface area contributed by atoms with Crippen LogP contribution < -0.4 is 0 Å². The van der Waals surface area contributed by atoms with Crippen LogP contribution in [-0.4, -0.2) is 21.0 Å². The van der Waals surface area contributed by atoms with E-state index < -0.39 is 5.97 Å². The Morgan fingerprint density at radius 2 is 2.27 bits per heavy atom. The van der Waals surface area contributed by atoms with Crippen molar-refractivity contribution in [1.29, 1.82) is 0 Å². The average molecular weight is 220 g/mol. The van der Waals surface area contributed by atoms with Crippen molar-refractivity contribution in [2.75, 3.05) is 0 Å². The third-order valence-electron chi connectivity index (χ3n) is 1.82. The van der Waals surface area contributed by atoms with Gasteiger partial charge in [-0.15, -0.1) is 11.3 Å². The van der Waals surface area contributed by atoms with Crippen LogP contribution in [0.3, 0.4) is 0 Å². The molecule has 0 spiro atoms. The minimum Gasteiger partial charge on any atom is -0.477 e. The Labute approximate surface area is 90.3 Å². The molecule has 0 saturated heterocycles. The first-order valence-corrected chi connectivity index (χ1v) is 5.11. The Morgan fingerprint density at radius 1 is 1.47 bits per heavy atom. The molecular weight excluding hydrogens is 212 g/mol. The number of carbonyl (C=O) groups is 1. The molecule has 2 rings (SSSR count). The Bertz CT molecular complexity index is 508. The van der Waals surface area contributed by atoms with Crippen LogP contribution in [0, 0.1) is 6.92 Å². The number of pyridine rings is 1. The number of aromatic carboxylic acids is 1. The summed E-state index contributed by atoms with van der Waals surface area (Å²) in [6, 6.07) is 5.58. The molecule has 5 heteroatoms. The van der Waals surface area contributed by atoms with Crippen LogP contribution in [0.4, 0.5) is 0 Å². The van der Waals surface area contributed by atoms with E-state index >= 15 is 0 Å². The number of hydrogen-bond acceptors (Lipinski definition) is 4. The molecule has 0 saturated carbocycles. The highest BCUT2D eigenvalue weighted by Gasteiger charge is 2.10. The Balaban J connectivity index is 2.41. The van der Waals surface area contributed by atoms with Gasteiger partial charge in [-0.25, -0.2) is 9.78 Å². The zero-order valence-corrected chi connectivity index (χ0v) is 8.78. The summed E-state index contributed by atoms with van der Waals surface area (Å²) >= 11 is 1.13. The number of thiazole rings is 1. The highest BCUT2D eigenvalue weighted by molar-refractivity contribution is 7.16. The van der Waals surface area contributed by atoms with Gasteiger partial charge in [-0.05, 0) is 19.1 Å². The van der Waals surface area contributed by atoms with Gasteiger partial charge in [0.05, 0.1) is 11.9 Å². The lowest BCUT2D eigenvalue weighted by Crippen LogP contribution is -1.89. The third-order valence-corrected chi connectivity index (χ3v) is 2.83. The molecule has 0 fully saturated rings. The number of nitrogens with zero attached hydrogens (tertiary/aromatic N) is 2. The van der Waals surface area contributed by atoms with E-state index in [-0.39, 0.29) is 4.88 Å². The van der Waals surface area contributed by atoms with Gasteiger partial charge < -0.3 is 5.11 Å². The van der Waals surface area contributed by atoms with Crippen LogP contribution in [0.15, 0.2) is 24.4 Å². The summed E-state index contributed by atoms with van der Waals surface area (Å²) in [4.78, 5) is 19.2. The summed E-state index contributed by atoms with van der Waals surface area (Å²) in [6.45, 7) is 1.88.